The molecule has 2 nitrogen and oxygen atoms in total. The summed E-state index contributed by atoms with van der Waals surface area (Å²) in [6.07, 6.45) is 7.81. The fourth-order valence-electron chi connectivity index (χ4n) is 2.49. The lowest BCUT2D eigenvalue weighted by Crippen LogP contribution is -2.44. The van der Waals surface area contributed by atoms with E-state index >= 15 is 0 Å². The lowest BCUT2D eigenvalue weighted by Gasteiger charge is -2.32. The Morgan fingerprint density at radius 2 is 1.79 bits per heavy atom. The van der Waals surface area contributed by atoms with E-state index in [1.807, 2.05) is 0 Å². The molecule has 1 aliphatic carbocycles. The molecule has 2 rings (SSSR count). The van der Waals surface area contributed by atoms with Crippen LogP contribution in [-0.4, -0.2) is 29.6 Å². The molecule has 0 radical (unpaired) electrons. The average molecular weight is 214 g/mol. The molecule has 3 N–H and O–H groups in total. The van der Waals surface area contributed by atoms with Gasteiger partial charge in [0.05, 0.1) is 0 Å². The van der Waals surface area contributed by atoms with E-state index in [9.17, 15) is 0 Å². The molecular weight excluding hydrogens is 192 g/mol. The Morgan fingerprint density at radius 1 is 1.00 bits per heavy atom. The Hall–Kier alpha value is 0.270. The minimum absolute atomic E-state index is 0.480. The molecule has 0 amide bonds. The van der Waals surface area contributed by atoms with Gasteiger partial charge in [0.15, 0.2) is 0 Å². The fraction of sp³-hybridized carbons (Fsp3) is 1.00. The molecule has 2 fully saturated rings. The zero-order valence-electron chi connectivity index (χ0n) is 8.87. The van der Waals surface area contributed by atoms with E-state index in [1.54, 1.807) is 0 Å². The normalized spacial score (nSPS) is 39.6. The van der Waals surface area contributed by atoms with Crippen LogP contribution < -0.4 is 11.1 Å². The number of nitrogens with one attached hydrogen (secondary N) is 1. The highest BCUT2D eigenvalue weighted by atomic mass is 32.2. The fourth-order valence-corrected chi connectivity index (χ4v) is 3.58. The lowest BCUT2D eigenvalue weighted by atomic mass is 9.91. The first-order valence-corrected chi connectivity index (χ1v) is 7.09. The van der Waals surface area contributed by atoms with E-state index in [-0.39, 0.29) is 0 Å². The van der Waals surface area contributed by atoms with Gasteiger partial charge in [0.25, 0.3) is 0 Å². The molecule has 1 saturated heterocycles. The van der Waals surface area contributed by atoms with Gasteiger partial charge in [-0.2, -0.15) is 11.8 Å². The Balaban J connectivity index is 1.68. The first kappa shape index (κ1) is 10.8. The first-order valence-electron chi connectivity index (χ1n) is 5.94. The smallest absolute Gasteiger partial charge is 0.0161 e. The van der Waals surface area contributed by atoms with Crippen molar-refractivity contribution >= 4 is 11.8 Å². The van der Waals surface area contributed by atoms with Crippen LogP contribution in [-0.2, 0) is 0 Å². The highest BCUT2D eigenvalue weighted by molar-refractivity contribution is 7.99. The third kappa shape index (κ3) is 3.14. The second-order valence-electron chi connectivity index (χ2n) is 4.69. The predicted molar refractivity (Wildman–Crippen MR) is 63.7 cm³/mol. The maximum atomic E-state index is 5.90. The van der Waals surface area contributed by atoms with Crippen molar-refractivity contribution in [3.63, 3.8) is 0 Å². The highest BCUT2D eigenvalue weighted by Crippen LogP contribution is 2.21. The van der Waals surface area contributed by atoms with Crippen LogP contribution in [0.4, 0.5) is 0 Å². The molecule has 1 saturated carbocycles. The standard InChI is InChI=1S/C11H22N2S/c12-9-3-5-10(6-4-9)13-11-2-1-7-14-8-11/h9-11,13H,1-8,12H2. The van der Waals surface area contributed by atoms with Crippen molar-refractivity contribution < 1.29 is 0 Å². The Labute approximate surface area is 91.4 Å². The van der Waals surface area contributed by atoms with Gasteiger partial charge < -0.3 is 11.1 Å². The van der Waals surface area contributed by atoms with E-state index in [4.69, 9.17) is 5.73 Å². The van der Waals surface area contributed by atoms with Crippen molar-refractivity contribution in [2.75, 3.05) is 11.5 Å². The van der Waals surface area contributed by atoms with Gasteiger partial charge in [0.1, 0.15) is 0 Å². The Morgan fingerprint density at radius 3 is 2.43 bits per heavy atom. The van der Waals surface area contributed by atoms with Gasteiger partial charge in [0, 0.05) is 23.9 Å². The summed E-state index contributed by atoms with van der Waals surface area (Å²) in [6, 6.07) is 2.03. The number of thioether (sulfide) groups is 1. The van der Waals surface area contributed by atoms with Crippen molar-refractivity contribution in [2.45, 2.75) is 56.7 Å². The second-order valence-corrected chi connectivity index (χ2v) is 5.84. The van der Waals surface area contributed by atoms with Gasteiger partial charge in [-0.25, -0.2) is 0 Å². The van der Waals surface area contributed by atoms with E-state index in [0.717, 1.165) is 12.1 Å². The number of hydrogen-bond donors (Lipinski definition) is 2. The van der Waals surface area contributed by atoms with Gasteiger partial charge in [0.2, 0.25) is 0 Å². The van der Waals surface area contributed by atoms with Crippen LogP contribution in [0.25, 0.3) is 0 Å². The predicted octanol–water partition coefficient (Wildman–Crippen LogP) is 1.74. The number of nitrogens with two attached hydrogens (primary N) is 1. The van der Waals surface area contributed by atoms with E-state index in [1.165, 1.54) is 50.0 Å². The summed E-state index contributed by atoms with van der Waals surface area (Å²) in [7, 11) is 0. The van der Waals surface area contributed by atoms with E-state index in [2.05, 4.69) is 17.1 Å². The summed E-state index contributed by atoms with van der Waals surface area (Å²) >= 11 is 2.10. The van der Waals surface area contributed by atoms with Crippen molar-refractivity contribution in [1.29, 1.82) is 0 Å². The number of hydrogen-bond acceptors (Lipinski definition) is 3. The molecule has 0 spiro atoms. The monoisotopic (exact) mass is 214 g/mol. The minimum atomic E-state index is 0.480. The summed E-state index contributed by atoms with van der Waals surface area (Å²) in [6.45, 7) is 0. The summed E-state index contributed by atoms with van der Waals surface area (Å²) in [5.41, 5.74) is 5.90. The summed E-state index contributed by atoms with van der Waals surface area (Å²) in [5.74, 6) is 2.69. The molecule has 0 aromatic rings. The lowest BCUT2D eigenvalue weighted by molar-refractivity contribution is 0.314. The molecule has 14 heavy (non-hydrogen) atoms. The molecule has 2 aliphatic rings. The van der Waals surface area contributed by atoms with Gasteiger partial charge >= 0.3 is 0 Å². The van der Waals surface area contributed by atoms with Crippen LogP contribution in [0, 0.1) is 0 Å². The Kier molecular flexibility index (Phi) is 4.14. The largest absolute Gasteiger partial charge is 0.328 e. The van der Waals surface area contributed by atoms with E-state index in [0.29, 0.717) is 6.04 Å². The van der Waals surface area contributed by atoms with Crippen molar-refractivity contribution in [3.8, 4) is 0 Å². The molecule has 1 atom stereocenters. The minimum Gasteiger partial charge on any atom is -0.328 e. The first-order chi connectivity index (χ1) is 6.84. The molecule has 0 aromatic carbocycles. The third-order valence-electron chi connectivity index (χ3n) is 3.40. The third-order valence-corrected chi connectivity index (χ3v) is 4.62. The Bertz CT molecular complexity index is 161. The average Bonchev–Trinajstić information content (AvgIpc) is 2.23. The maximum Gasteiger partial charge on any atom is 0.0161 e. The molecule has 82 valence electrons. The maximum absolute atomic E-state index is 5.90. The van der Waals surface area contributed by atoms with Crippen molar-refractivity contribution in [2.24, 2.45) is 5.73 Å². The van der Waals surface area contributed by atoms with Gasteiger partial charge in [-0.05, 0) is 44.3 Å². The number of rotatable bonds is 2. The SMILES string of the molecule is NC1CCC(NC2CCCSC2)CC1. The topological polar surface area (TPSA) is 38.0 Å². The highest BCUT2D eigenvalue weighted by Gasteiger charge is 2.22. The molecule has 1 aliphatic heterocycles. The van der Waals surface area contributed by atoms with Gasteiger partial charge in [-0.15, -0.1) is 0 Å². The zero-order chi connectivity index (χ0) is 9.80. The molecule has 3 heteroatoms. The van der Waals surface area contributed by atoms with Gasteiger partial charge in [-0.3, -0.25) is 0 Å². The quantitative estimate of drug-likeness (QED) is 0.735. The zero-order valence-corrected chi connectivity index (χ0v) is 9.69. The molecule has 1 unspecified atom stereocenters. The van der Waals surface area contributed by atoms with Crippen LogP contribution in [0.15, 0.2) is 0 Å². The van der Waals surface area contributed by atoms with Crippen LogP contribution in [0.2, 0.25) is 0 Å². The van der Waals surface area contributed by atoms with Crippen LogP contribution in [0.1, 0.15) is 38.5 Å². The molecule has 0 aromatic heterocycles. The van der Waals surface area contributed by atoms with Gasteiger partial charge in [-0.1, -0.05) is 0 Å². The summed E-state index contributed by atoms with van der Waals surface area (Å²) in [4.78, 5) is 0. The van der Waals surface area contributed by atoms with Crippen molar-refractivity contribution in [1.82, 2.24) is 5.32 Å². The second kappa shape index (κ2) is 5.38. The summed E-state index contributed by atoms with van der Waals surface area (Å²) in [5, 5.41) is 3.80. The molecular formula is C11H22N2S. The molecule has 1 heterocycles. The van der Waals surface area contributed by atoms with E-state index < -0.39 is 0 Å². The van der Waals surface area contributed by atoms with Crippen molar-refractivity contribution in [3.05, 3.63) is 0 Å². The molecule has 0 bridgehead atoms. The van der Waals surface area contributed by atoms with Crippen LogP contribution in [0.3, 0.4) is 0 Å². The van der Waals surface area contributed by atoms with Crippen LogP contribution in [0.5, 0.6) is 0 Å². The van der Waals surface area contributed by atoms with Crippen LogP contribution >= 0.6 is 11.8 Å². The summed E-state index contributed by atoms with van der Waals surface area (Å²) < 4.78 is 0.